The average molecular weight is 471 g/mol. The predicted octanol–water partition coefficient (Wildman–Crippen LogP) is 4.80. The van der Waals surface area contributed by atoms with E-state index in [4.69, 9.17) is 4.74 Å². The van der Waals surface area contributed by atoms with Gasteiger partial charge in [0.05, 0.1) is 0 Å². The summed E-state index contributed by atoms with van der Waals surface area (Å²) in [6, 6.07) is 32.1. The Labute approximate surface area is 184 Å². The van der Waals surface area contributed by atoms with Crippen molar-refractivity contribution >= 4 is 46.1 Å². The summed E-state index contributed by atoms with van der Waals surface area (Å²) in [4.78, 5) is 12.2. The van der Waals surface area contributed by atoms with Crippen molar-refractivity contribution in [2.75, 3.05) is 12.8 Å². The van der Waals surface area contributed by atoms with Crippen molar-refractivity contribution in [1.82, 2.24) is 0 Å². The molecule has 0 fully saturated rings. The van der Waals surface area contributed by atoms with Crippen LogP contribution in [0.2, 0.25) is 0 Å². The standard InChI is InChI=1S/C25H27O2P.BrH/c1-3-27-25(26)21(2)19-20-28(22-13-7-4-8-14-22,23-15-9-5-10-16-23)24-17-11-6-12-18-24;/h4-19,28H,3,20H2,1-2H3;1H. The molecule has 3 rings (SSSR count). The van der Waals surface area contributed by atoms with Gasteiger partial charge in [0.2, 0.25) is 0 Å². The van der Waals surface area contributed by atoms with Gasteiger partial charge in [-0.25, -0.2) is 0 Å². The van der Waals surface area contributed by atoms with Crippen LogP contribution in [0, 0.1) is 0 Å². The van der Waals surface area contributed by atoms with Crippen LogP contribution in [0.25, 0.3) is 0 Å². The zero-order valence-electron chi connectivity index (χ0n) is 16.9. The molecule has 3 aromatic rings. The third-order valence-electron chi connectivity index (χ3n) is 5.11. The number of allylic oxidation sites excluding steroid dienone is 1. The Hall–Kier alpha value is -2.22. The Morgan fingerprint density at radius 1 is 0.793 bits per heavy atom. The van der Waals surface area contributed by atoms with E-state index in [9.17, 15) is 4.79 Å². The second kappa shape index (κ2) is 11.1. The molecule has 4 heteroatoms. The van der Waals surface area contributed by atoms with Crippen LogP contribution in [-0.4, -0.2) is 18.7 Å². The zero-order chi connectivity index (χ0) is 19.8. The topological polar surface area (TPSA) is 26.3 Å². The molecule has 0 N–H and O–H groups in total. The van der Waals surface area contributed by atoms with Crippen molar-refractivity contribution in [3.8, 4) is 0 Å². The molecule has 0 bridgehead atoms. The summed E-state index contributed by atoms with van der Waals surface area (Å²) in [6.45, 7) is 4.07. The van der Waals surface area contributed by atoms with E-state index in [2.05, 4.69) is 97.1 Å². The predicted molar refractivity (Wildman–Crippen MR) is 132 cm³/mol. The third-order valence-corrected chi connectivity index (χ3v) is 9.88. The Kier molecular flexibility index (Phi) is 8.82. The van der Waals surface area contributed by atoms with Gasteiger partial charge in [0.1, 0.15) is 0 Å². The van der Waals surface area contributed by atoms with Gasteiger partial charge < -0.3 is 0 Å². The summed E-state index contributed by atoms with van der Waals surface area (Å²) in [5.74, 6) is -0.236. The maximum atomic E-state index is 12.2. The molecule has 3 aromatic carbocycles. The van der Waals surface area contributed by atoms with Gasteiger partial charge in [0.25, 0.3) is 0 Å². The van der Waals surface area contributed by atoms with Crippen molar-refractivity contribution in [2.45, 2.75) is 13.8 Å². The number of halogens is 1. The molecule has 0 heterocycles. The van der Waals surface area contributed by atoms with Crippen LogP contribution in [0.4, 0.5) is 0 Å². The number of rotatable bonds is 7. The van der Waals surface area contributed by atoms with Crippen LogP contribution in [-0.2, 0) is 9.53 Å². The first kappa shape index (κ1) is 23.1. The summed E-state index contributed by atoms with van der Waals surface area (Å²) < 4.78 is 5.19. The number of ether oxygens (including phenoxy) is 1. The van der Waals surface area contributed by atoms with Gasteiger partial charge in [-0.3, -0.25) is 0 Å². The molecule has 0 aromatic heterocycles. The molecule has 0 radical (unpaired) electrons. The van der Waals surface area contributed by atoms with Crippen LogP contribution >= 0.6 is 24.2 Å². The summed E-state index contributed by atoms with van der Waals surface area (Å²) >= 11 is 0. The SMILES string of the molecule is Br.CCOC(=O)C(C)=CC[PH](c1ccccc1)(c1ccccc1)c1ccccc1. The van der Waals surface area contributed by atoms with Crippen molar-refractivity contribution in [1.29, 1.82) is 0 Å². The van der Waals surface area contributed by atoms with Crippen molar-refractivity contribution in [3.63, 3.8) is 0 Å². The summed E-state index contributed by atoms with van der Waals surface area (Å²) in [5.41, 5.74) is 0.668. The van der Waals surface area contributed by atoms with Gasteiger partial charge in [-0.05, 0) is 0 Å². The molecule has 0 saturated carbocycles. The van der Waals surface area contributed by atoms with Crippen LogP contribution in [0.1, 0.15) is 13.8 Å². The van der Waals surface area contributed by atoms with Crippen molar-refractivity contribution < 1.29 is 9.53 Å². The van der Waals surface area contributed by atoms with Crippen LogP contribution in [0.3, 0.4) is 0 Å². The van der Waals surface area contributed by atoms with Gasteiger partial charge in [-0.15, -0.1) is 17.0 Å². The summed E-state index contributed by atoms with van der Waals surface area (Å²) in [6.07, 6.45) is 2.87. The number of benzene rings is 3. The quantitative estimate of drug-likeness (QED) is 0.281. The van der Waals surface area contributed by atoms with Gasteiger partial charge in [-0.1, -0.05) is 0 Å². The van der Waals surface area contributed by atoms with Crippen molar-refractivity contribution in [3.05, 3.63) is 103 Å². The monoisotopic (exact) mass is 470 g/mol. The average Bonchev–Trinajstić information content (AvgIpc) is 2.76. The second-order valence-corrected chi connectivity index (χ2v) is 10.8. The molecule has 0 atom stereocenters. The van der Waals surface area contributed by atoms with E-state index < -0.39 is 7.26 Å². The number of hydrogen-bond acceptors (Lipinski definition) is 2. The molecule has 0 aliphatic rings. The van der Waals surface area contributed by atoms with Gasteiger partial charge in [0, 0.05) is 0 Å². The molecule has 0 aliphatic heterocycles. The molecule has 2 nitrogen and oxygen atoms in total. The molecule has 0 amide bonds. The minimum atomic E-state index is -2.34. The van der Waals surface area contributed by atoms with Gasteiger partial charge in [0.15, 0.2) is 0 Å². The first-order chi connectivity index (χ1) is 13.7. The second-order valence-electron chi connectivity index (χ2n) is 6.82. The Bertz CT molecular complexity index is 828. The van der Waals surface area contributed by atoms with E-state index >= 15 is 0 Å². The van der Waals surface area contributed by atoms with E-state index in [-0.39, 0.29) is 23.0 Å². The molecule has 29 heavy (non-hydrogen) atoms. The fraction of sp³-hybridized carbons (Fsp3) is 0.160. The first-order valence-corrected chi connectivity index (χ1v) is 11.9. The summed E-state index contributed by atoms with van der Waals surface area (Å²) in [7, 11) is -2.34. The Balaban J connectivity index is 0.00000300. The fourth-order valence-electron chi connectivity index (χ4n) is 3.66. The summed E-state index contributed by atoms with van der Waals surface area (Å²) in [5, 5.41) is 4.00. The number of carbonyl (C=O) groups excluding carboxylic acids is 1. The molecular formula is C25H28BrO2P. The minimum absolute atomic E-state index is 0. The van der Waals surface area contributed by atoms with Gasteiger partial charge in [-0.2, -0.15) is 0 Å². The normalized spacial score (nSPS) is 12.0. The Morgan fingerprint density at radius 2 is 1.17 bits per heavy atom. The Morgan fingerprint density at radius 3 is 1.52 bits per heavy atom. The molecule has 0 saturated heterocycles. The fourth-order valence-corrected chi connectivity index (χ4v) is 8.26. The van der Waals surface area contributed by atoms with Crippen LogP contribution < -0.4 is 15.9 Å². The first-order valence-electron chi connectivity index (χ1n) is 9.69. The third kappa shape index (κ3) is 5.23. The zero-order valence-corrected chi connectivity index (χ0v) is 19.6. The van der Waals surface area contributed by atoms with E-state index in [1.54, 1.807) is 0 Å². The van der Waals surface area contributed by atoms with E-state index in [0.29, 0.717) is 12.2 Å². The van der Waals surface area contributed by atoms with E-state index in [1.165, 1.54) is 15.9 Å². The molecular weight excluding hydrogens is 443 g/mol. The molecule has 0 spiro atoms. The maximum absolute atomic E-state index is 12.2. The number of esters is 1. The molecule has 152 valence electrons. The molecule has 0 aliphatic carbocycles. The van der Waals surface area contributed by atoms with E-state index in [0.717, 1.165) is 6.16 Å². The van der Waals surface area contributed by atoms with E-state index in [1.807, 2.05) is 13.8 Å². The molecule has 0 unspecified atom stereocenters. The van der Waals surface area contributed by atoms with Crippen molar-refractivity contribution in [2.24, 2.45) is 0 Å². The number of hydrogen-bond donors (Lipinski definition) is 0. The van der Waals surface area contributed by atoms with Crippen LogP contribution in [0.15, 0.2) is 103 Å². The van der Waals surface area contributed by atoms with Gasteiger partial charge >= 0.3 is 168 Å². The number of carbonyl (C=O) groups is 1. The van der Waals surface area contributed by atoms with Crippen LogP contribution in [0.5, 0.6) is 0 Å².